The number of nitrogens with two attached hydrogens (primary N) is 1. The van der Waals surface area contributed by atoms with Crippen molar-refractivity contribution in [2.45, 2.75) is 4.90 Å². The van der Waals surface area contributed by atoms with E-state index in [0.29, 0.717) is 23.1 Å². The maximum atomic E-state index is 5.79. The van der Waals surface area contributed by atoms with Gasteiger partial charge in [0.05, 0.1) is 6.20 Å². The van der Waals surface area contributed by atoms with Crippen molar-refractivity contribution < 1.29 is 4.74 Å². The number of ether oxygens (including phenoxy) is 1. The van der Waals surface area contributed by atoms with Gasteiger partial charge in [0.2, 0.25) is 5.65 Å². The number of nitrogens with one attached hydrogen (secondary N) is 1. The molecule has 3 N–H and O–H groups in total. The number of hydrogen-bond acceptors (Lipinski definition) is 6. The molecule has 2 aromatic heterocycles. The van der Waals surface area contributed by atoms with Gasteiger partial charge >= 0.3 is 0 Å². The van der Waals surface area contributed by atoms with Crippen LogP contribution in [0.5, 0.6) is 11.6 Å². The Balaban J connectivity index is 1.98. The van der Waals surface area contributed by atoms with Gasteiger partial charge in [-0.2, -0.15) is 4.98 Å². The van der Waals surface area contributed by atoms with Crippen LogP contribution in [0.15, 0.2) is 47.8 Å². The van der Waals surface area contributed by atoms with Crippen molar-refractivity contribution in [1.29, 1.82) is 0 Å². The Morgan fingerprint density at radius 3 is 2.80 bits per heavy atom. The third-order valence-corrected chi connectivity index (χ3v) is 3.51. The number of nitrogen functional groups attached to an aromatic ring is 1. The highest BCUT2D eigenvalue weighted by molar-refractivity contribution is 7.98. The van der Waals surface area contributed by atoms with Gasteiger partial charge in [-0.15, -0.1) is 11.8 Å². The fourth-order valence-corrected chi connectivity index (χ4v) is 2.20. The Kier molecular flexibility index (Phi) is 3.44. The van der Waals surface area contributed by atoms with Crippen molar-refractivity contribution in [3.05, 3.63) is 42.9 Å². The predicted molar refractivity (Wildman–Crippen MR) is 79.1 cm³/mol. The first-order chi connectivity index (χ1) is 9.80. The van der Waals surface area contributed by atoms with E-state index in [4.69, 9.17) is 10.6 Å². The van der Waals surface area contributed by atoms with Crippen molar-refractivity contribution in [3.8, 4) is 11.6 Å². The first-order valence-electron chi connectivity index (χ1n) is 5.92. The van der Waals surface area contributed by atoms with E-state index >= 15 is 0 Å². The quantitative estimate of drug-likeness (QED) is 0.436. The molecule has 20 heavy (non-hydrogen) atoms. The fraction of sp³-hybridized carbons (Fsp3) is 0.0769. The van der Waals surface area contributed by atoms with Crippen LogP contribution in [-0.2, 0) is 0 Å². The summed E-state index contributed by atoms with van der Waals surface area (Å²) in [7, 11) is 0. The van der Waals surface area contributed by atoms with E-state index in [1.54, 1.807) is 28.6 Å². The Labute approximate surface area is 120 Å². The van der Waals surface area contributed by atoms with Crippen LogP contribution in [0.25, 0.3) is 5.65 Å². The van der Waals surface area contributed by atoms with Crippen molar-refractivity contribution in [1.82, 2.24) is 14.4 Å². The number of aromatic nitrogens is 3. The van der Waals surface area contributed by atoms with Gasteiger partial charge in [0.15, 0.2) is 5.82 Å². The Morgan fingerprint density at radius 2 is 2.10 bits per heavy atom. The molecule has 0 atom stereocenters. The summed E-state index contributed by atoms with van der Waals surface area (Å²) in [6.07, 6.45) is 7.26. The third kappa shape index (κ3) is 2.40. The summed E-state index contributed by atoms with van der Waals surface area (Å²) in [5.41, 5.74) is 3.15. The van der Waals surface area contributed by atoms with E-state index < -0.39 is 0 Å². The fourth-order valence-electron chi connectivity index (χ4n) is 1.80. The van der Waals surface area contributed by atoms with Crippen molar-refractivity contribution in [3.63, 3.8) is 0 Å². The van der Waals surface area contributed by atoms with Gasteiger partial charge in [-0.05, 0) is 30.5 Å². The maximum Gasteiger partial charge on any atom is 0.265 e. The molecule has 0 saturated heterocycles. The zero-order valence-electron chi connectivity index (χ0n) is 10.8. The number of hydrazine groups is 1. The summed E-state index contributed by atoms with van der Waals surface area (Å²) in [6.45, 7) is 0. The first-order valence-corrected chi connectivity index (χ1v) is 7.15. The first kappa shape index (κ1) is 12.8. The lowest BCUT2D eigenvalue weighted by atomic mass is 10.3. The van der Waals surface area contributed by atoms with Gasteiger partial charge in [0.25, 0.3) is 5.88 Å². The number of thioether (sulfide) groups is 1. The summed E-state index contributed by atoms with van der Waals surface area (Å²) < 4.78 is 7.59. The van der Waals surface area contributed by atoms with Crippen LogP contribution in [-0.4, -0.2) is 20.6 Å². The smallest absolute Gasteiger partial charge is 0.265 e. The Bertz CT molecular complexity index is 725. The topological polar surface area (TPSA) is 77.5 Å². The van der Waals surface area contributed by atoms with Crippen LogP contribution >= 0.6 is 11.8 Å². The average Bonchev–Trinajstić information content (AvgIpc) is 2.96. The van der Waals surface area contributed by atoms with E-state index in [2.05, 4.69) is 15.4 Å². The number of benzene rings is 1. The van der Waals surface area contributed by atoms with Gasteiger partial charge in [0, 0.05) is 17.3 Å². The molecule has 102 valence electrons. The molecule has 0 unspecified atom stereocenters. The minimum atomic E-state index is 0.405. The lowest BCUT2D eigenvalue weighted by Gasteiger charge is -2.08. The molecule has 1 aromatic carbocycles. The van der Waals surface area contributed by atoms with Crippen molar-refractivity contribution >= 4 is 23.2 Å². The van der Waals surface area contributed by atoms with Crippen LogP contribution < -0.4 is 16.0 Å². The minimum absolute atomic E-state index is 0.405. The normalized spacial score (nSPS) is 10.7. The molecule has 0 spiro atoms. The summed E-state index contributed by atoms with van der Waals surface area (Å²) in [4.78, 5) is 9.68. The van der Waals surface area contributed by atoms with Gasteiger partial charge in [0.1, 0.15) is 5.75 Å². The van der Waals surface area contributed by atoms with Crippen molar-refractivity contribution in [2.75, 3.05) is 11.7 Å². The highest BCUT2D eigenvalue weighted by Gasteiger charge is 2.09. The standard InChI is InChI=1S/C13H13N5OS/c1-20-10-4-2-9(3-5-10)19-13-12-15-6-7-18(12)8-11(16-13)17-14/h2-8,17H,14H2,1H3. The lowest BCUT2D eigenvalue weighted by Crippen LogP contribution is -2.10. The molecular formula is C13H13N5OS. The molecule has 0 aliphatic heterocycles. The number of hydrogen-bond donors (Lipinski definition) is 2. The second-order valence-electron chi connectivity index (χ2n) is 4.01. The molecule has 0 bridgehead atoms. The summed E-state index contributed by atoms with van der Waals surface area (Å²) >= 11 is 1.68. The highest BCUT2D eigenvalue weighted by atomic mass is 32.2. The van der Waals surface area contributed by atoms with Crippen LogP contribution in [0.2, 0.25) is 0 Å². The number of imidazole rings is 1. The zero-order chi connectivity index (χ0) is 13.9. The molecule has 6 nitrogen and oxygen atoms in total. The van der Waals surface area contributed by atoms with Gasteiger partial charge in [-0.25, -0.2) is 10.8 Å². The molecule has 0 fully saturated rings. The van der Waals surface area contributed by atoms with Gasteiger partial charge in [-0.1, -0.05) is 0 Å². The molecule has 2 heterocycles. The largest absolute Gasteiger partial charge is 0.436 e. The molecule has 3 rings (SSSR count). The summed E-state index contributed by atoms with van der Waals surface area (Å²) in [5.74, 6) is 7.02. The highest BCUT2D eigenvalue weighted by Crippen LogP contribution is 2.26. The molecule has 0 saturated carbocycles. The van der Waals surface area contributed by atoms with Crippen LogP contribution in [0, 0.1) is 0 Å². The predicted octanol–water partition coefficient (Wildman–Crippen LogP) is 2.53. The van der Waals surface area contributed by atoms with E-state index in [1.807, 2.05) is 36.7 Å². The second-order valence-corrected chi connectivity index (χ2v) is 4.89. The molecule has 0 radical (unpaired) electrons. The van der Waals surface area contributed by atoms with Crippen LogP contribution in [0.1, 0.15) is 0 Å². The SMILES string of the molecule is CSc1ccc(Oc2nc(NN)cn3ccnc23)cc1. The van der Waals surface area contributed by atoms with Gasteiger partial charge in [-0.3, -0.25) is 4.40 Å². The summed E-state index contributed by atoms with van der Waals surface area (Å²) in [6, 6.07) is 7.78. The molecular weight excluding hydrogens is 274 g/mol. The molecule has 0 aliphatic carbocycles. The van der Waals surface area contributed by atoms with E-state index in [1.165, 1.54) is 4.90 Å². The molecule has 0 aliphatic rings. The third-order valence-electron chi connectivity index (χ3n) is 2.77. The summed E-state index contributed by atoms with van der Waals surface area (Å²) in [5, 5.41) is 0. The Hall–Kier alpha value is -2.25. The number of fused-ring (bicyclic) bond motifs is 1. The second kappa shape index (κ2) is 5.40. The Morgan fingerprint density at radius 1 is 1.30 bits per heavy atom. The van der Waals surface area contributed by atoms with E-state index in [0.717, 1.165) is 0 Å². The van der Waals surface area contributed by atoms with Gasteiger partial charge < -0.3 is 10.2 Å². The van der Waals surface area contributed by atoms with E-state index in [9.17, 15) is 0 Å². The number of rotatable bonds is 4. The maximum absolute atomic E-state index is 5.79. The lowest BCUT2D eigenvalue weighted by molar-refractivity contribution is 0.465. The van der Waals surface area contributed by atoms with Crippen LogP contribution in [0.3, 0.4) is 0 Å². The zero-order valence-corrected chi connectivity index (χ0v) is 11.6. The van der Waals surface area contributed by atoms with E-state index in [-0.39, 0.29) is 0 Å². The minimum Gasteiger partial charge on any atom is -0.436 e. The average molecular weight is 287 g/mol. The number of nitrogens with zero attached hydrogens (tertiary/aromatic N) is 3. The van der Waals surface area contributed by atoms with Crippen molar-refractivity contribution in [2.24, 2.45) is 5.84 Å². The number of anilines is 1. The molecule has 3 aromatic rings. The van der Waals surface area contributed by atoms with Crippen LogP contribution in [0.4, 0.5) is 5.82 Å². The molecule has 7 heteroatoms. The molecule has 0 amide bonds. The monoisotopic (exact) mass is 287 g/mol.